The largest absolute Gasteiger partial charge is 0.494 e. The van der Waals surface area contributed by atoms with Crippen molar-refractivity contribution >= 4 is 45.7 Å². The Morgan fingerprint density at radius 2 is 1.72 bits per heavy atom. The molecule has 0 saturated carbocycles. The van der Waals surface area contributed by atoms with Gasteiger partial charge in [-0.05, 0) is 31.0 Å². The third kappa shape index (κ3) is 6.16. The van der Waals surface area contributed by atoms with Crippen molar-refractivity contribution in [2.24, 2.45) is 0 Å². The maximum Gasteiger partial charge on any atom is 0.227 e. The fourth-order valence-corrected chi connectivity index (χ4v) is 6.27. The van der Waals surface area contributed by atoms with Gasteiger partial charge in [0.05, 0.1) is 48.0 Å². The van der Waals surface area contributed by atoms with Crippen molar-refractivity contribution in [1.82, 2.24) is 24.8 Å². The van der Waals surface area contributed by atoms with Crippen LogP contribution in [0.2, 0.25) is 5.02 Å². The molecule has 0 aliphatic carbocycles. The van der Waals surface area contributed by atoms with Crippen molar-refractivity contribution in [3.05, 3.63) is 59.9 Å². The molecular formula is C32H36ClN7O3. The zero-order chi connectivity index (χ0) is 29.9. The van der Waals surface area contributed by atoms with Gasteiger partial charge in [-0.25, -0.2) is 9.97 Å². The number of methoxy groups -OCH3 is 2. The number of aromatic nitrogens is 3. The summed E-state index contributed by atoms with van der Waals surface area (Å²) in [6.45, 7) is 6.98. The molecule has 2 aliphatic heterocycles. The molecule has 0 atom stereocenters. The summed E-state index contributed by atoms with van der Waals surface area (Å²) in [6.07, 6.45) is 5.48. The topological polar surface area (TPSA) is 96.0 Å². The number of amides is 1. The lowest BCUT2D eigenvalue weighted by Gasteiger charge is -2.43. The summed E-state index contributed by atoms with van der Waals surface area (Å²) in [5.41, 5.74) is 4.09. The van der Waals surface area contributed by atoms with Crippen LogP contribution >= 0.6 is 11.6 Å². The number of halogens is 1. The lowest BCUT2D eigenvalue weighted by atomic mass is 10.0. The Bertz CT molecular complexity index is 1620. The summed E-state index contributed by atoms with van der Waals surface area (Å²) >= 11 is 6.54. The Kier molecular flexibility index (Phi) is 8.49. The van der Waals surface area contributed by atoms with E-state index in [4.69, 9.17) is 26.1 Å². The van der Waals surface area contributed by atoms with E-state index < -0.39 is 0 Å². The maximum absolute atomic E-state index is 11.7. The Morgan fingerprint density at radius 3 is 2.44 bits per heavy atom. The van der Waals surface area contributed by atoms with Crippen molar-refractivity contribution in [2.75, 3.05) is 63.7 Å². The third-order valence-electron chi connectivity index (χ3n) is 8.45. The number of nitrogens with one attached hydrogen (secondary N) is 1. The van der Waals surface area contributed by atoms with Crippen LogP contribution in [0.5, 0.6) is 11.5 Å². The first kappa shape index (κ1) is 28.9. The number of fused-ring (bicyclic) bond motifs is 1. The number of hydrogen-bond acceptors (Lipinski definition) is 9. The highest BCUT2D eigenvalue weighted by Crippen LogP contribution is 2.41. The third-order valence-corrected chi connectivity index (χ3v) is 8.73. The van der Waals surface area contributed by atoms with Gasteiger partial charge >= 0.3 is 0 Å². The van der Waals surface area contributed by atoms with Gasteiger partial charge in [0.2, 0.25) is 11.9 Å². The summed E-state index contributed by atoms with van der Waals surface area (Å²) in [7, 11) is 3.34. The first-order valence-electron chi connectivity index (χ1n) is 14.6. The number of anilines is 3. The van der Waals surface area contributed by atoms with E-state index in [9.17, 15) is 4.79 Å². The molecule has 0 bridgehead atoms. The second-order valence-electron chi connectivity index (χ2n) is 10.9. The molecule has 0 unspecified atom stereocenters. The number of benzene rings is 2. The number of hydrogen-bond donors (Lipinski definition) is 1. The average Bonchev–Trinajstić information content (AvgIpc) is 3.05. The van der Waals surface area contributed by atoms with Crippen LogP contribution in [0.15, 0.2) is 54.9 Å². The van der Waals surface area contributed by atoms with Gasteiger partial charge in [-0.1, -0.05) is 23.7 Å². The second kappa shape index (κ2) is 12.6. The monoisotopic (exact) mass is 601 g/mol. The molecule has 2 fully saturated rings. The molecule has 224 valence electrons. The second-order valence-corrected chi connectivity index (χ2v) is 11.3. The molecule has 1 N–H and O–H groups in total. The lowest BCUT2D eigenvalue weighted by molar-refractivity contribution is -0.130. The van der Waals surface area contributed by atoms with Crippen LogP contribution in [0.1, 0.15) is 19.8 Å². The summed E-state index contributed by atoms with van der Waals surface area (Å²) in [5, 5.41) is 4.77. The van der Waals surface area contributed by atoms with Gasteiger partial charge in [-0.2, -0.15) is 0 Å². The quantitative estimate of drug-likeness (QED) is 0.305. The molecule has 2 saturated heterocycles. The predicted octanol–water partition coefficient (Wildman–Crippen LogP) is 5.24. The normalized spacial score (nSPS) is 16.4. The molecule has 2 aliphatic rings. The fraction of sp³-hybridized carbons (Fsp3) is 0.375. The van der Waals surface area contributed by atoms with E-state index in [0.29, 0.717) is 34.1 Å². The standard InChI is InChI=1S/C32H36ClN7O3/c1-21(41)38-13-15-39(16-14-38)24-8-11-40(12-9-24)28-19-29(42-2)27(18-30(28)43-3)36-32-35-20-25(33)31(37-32)23-6-7-26-22(17-23)5-4-10-34-26/h4-7,10,17-20,24H,8-9,11-16H2,1-3H3,(H,35,36,37). The summed E-state index contributed by atoms with van der Waals surface area (Å²) < 4.78 is 11.7. The fourth-order valence-electron chi connectivity index (χ4n) is 6.07. The van der Waals surface area contributed by atoms with Gasteiger partial charge in [0.15, 0.2) is 0 Å². The molecule has 1 amide bonds. The number of nitrogens with zero attached hydrogens (tertiary/aromatic N) is 6. The first-order valence-corrected chi connectivity index (χ1v) is 15.0. The SMILES string of the molecule is COc1cc(N2CCC(N3CCN(C(C)=O)CC3)CC2)c(OC)cc1Nc1ncc(Cl)c(-c2ccc3ncccc3c2)n1. The smallest absolute Gasteiger partial charge is 0.227 e. The number of carbonyl (C=O) groups is 1. The van der Waals surface area contributed by atoms with Crippen molar-refractivity contribution < 1.29 is 14.3 Å². The molecule has 0 spiro atoms. The maximum atomic E-state index is 11.7. The Balaban J connectivity index is 1.18. The van der Waals surface area contributed by atoms with Crippen molar-refractivity contribution in [3.63, 3.8) is 0 Å². The van der Waals surface area contributed by atoms with Crippen LogP contribution in [0.25, 0.3) is 22.2 Å². The zero-order valence-electron chi connectivity index (χ0n) is 24.7. The number of piperidine rings is 1. The van der Waals surface area contributed by atoms with E-state index in [0.717, 1.165) is 80.0 Å². The molecule has 4 heterocycles. The average molecular weight is 602 g/mol. The van der Waals surface area contributed by atoms with Gasteiger partial charge in [0.1, 0.15) is 11.5 Å². The molecular weight excluding hydrogens is 566 g/mol. The predicted molar refractivity (Wildman–Crippen MR) is 170 cm³/mol. The van der Waals surface area contributed by atoms with Crippen LogP contribution in [0, 0.1) is 0 Å². The van der Waals surface area contributed by atoms with E-state index in [1.165, 1.54) is 0 Å². The molecule has 43 heavy (non-hydrogen) atoms. The minimum atomic E-state index is 0.166. The highest BCUT2D eigenvalue weighted by molar-refractivity contribution is 6.33. The van der Waals surface area contributed by atoms with Crippen LogP contribution in [-0.4, -0.2) is 90.2 Å². The van der Waals surface area contributed by atoms with Gasteiger partial charge in [0, 0.05) is 81.5 Å². The molecule has 10 nitrogen and oxygen atoms in total. The van der Waals surface area contributed by atoms with E-state index in [2.05, 4.69) is 25.1 Å². The van der Waals surface area contributed by atoms with Crippen LogP contribution in [-0.2, 0) is 4.79 Å². The number of rotatable bonds is 7. The van der Waals surface area contributed by atoms with Crippen LogP contribution in [0.3, 0.4) is 0 Å². The molecule has 0 radical (unpaired) electrons. The number of ether oxygens (including phenoxy) is 2. The minimum absolute atomic E-state index is 0.166. The zero-order valence-corrected chi connectivity index (χ0v) is 25.5. The van der Waals surface area contributed by atoms with Crippen LogP contribution < -0.4 is 19.7 Å². The first-order chi connectivity index (χ1) is 20.9. The molecule has 11 heteroatoms. The Morgan fingerprint density at radius 1 is 0.953 bits per heavy atom. The number of pyridine rings is 1. The van der Waals surface area contributed by atoms with Gasteiger partial charge in [0.25, 0.3) is 0 Å². The summed E-state index contributed by atoms with van der Waals surface area (Å²) in [6, 6.07) is 14.3. The van der Waals surface area contributed by atoms with Gasteiger partial charge < -0.3 is 24.6 Å². The number of carbonyl (C=O) groups excluding carboxylic acids is 1. The highest BCUT2D eigenvalue weighted by Gasteiger charge is 2.29. The summed E-state index contributed by atoms with van der Waals surface area (Å²) in [4.78, 5) is 32.1. The van der Waals surface area contributed by atoms with Crippen molar-refractivity contribution in [1.29, 1.82) is 0 Å². The Labute approximate surface area is 256 Å². The number of piperazine rings is 1. The highest BCUT2D eigenvalue weighted by atomic mass is 35.5. The van der Waals surface area contributed by atoms with Crippen LogP contribution in [0.4, 0.5) is 17.3 Å². The summed E-state index contributed by atoms with van der Waals surface area (Å²) in [5.74, 6) is 1.96. The van der Waals surface area contributed by atoms with E-state index in [1.54, 1.807) is 33.5 Å². The molecule has 2 aromatic heterocycles. The van der Waals surface area contributed by atoms with E-state index in [1.807, 2.05) is 47.4 Å². The van der Waals surface area contributed by atoms with Gasteiger partial charge in [-0.15, -0.1) is 0 Å². The Hall–Kier alpha value is -4.15. The van der Waals surface area contributed by atoms with Gasteiger partial charge in [-0.3, -0.25) is 14.7 Å². The lowest BCUT2D eigenvalue weighted by Crippen LogP contribution is -2.54. The van der Waals surface area contributed by atoms with E-state index in [-0.39, 0.29) is 5.91 Å². The van der Waals surface area contributed by atoms with E-state index >= 15 is 0 Å². The minimum Gasteiger partial charge on any atom is -0.494 e. The van der Waals surface area contributed by atoms with Crippen molar-refractivity contribution in [2.45, 2.75) is 25.8 Å². The molecule has 2 aromatic carbocycles. The molecule has 6 rings (SSSR count). The van der Waals surface area contributed by atoms with Crippen molar-refractivity contribution in [3.8, 4) is 22.8 Å². The molecule has 4 aromatic rings.